The number of nitrogens with zero attached hydrogens (tertiary/aromatic N) is 1. The Morgan fingerprint density at radius 2 is 1.90 bits per heavy atom. The van der Waals surface area contributed by atoms with E-state index in [0.29, 0.717) is 19.1 Å². The molecule has 0 unspecified atom stereocenters. The molecule has 5 heteroatoms. The highest BCUT2D eigenvalue weighted by Crippen LogP contribution is 2.15. The van der Waals surface area contributed by atoms with Gasteiger partial charge in [-0.25, -0.2) is 4.98 Å². The molecular weight excluding hydrogens is 268 g/mol. The minimum absolute atomic E-state index is 0.124. The monoisotopic (exact) mass is 296 g/mol. The maximum absolute atomic E-state index is 5.70. The van der Waals surface area contributed by atoms with Gasteiger partial charge in [-0.2, -0.15) is 0 Å². The van der Waals surface area contributed by atoms with Gasteiger partial charge in [-0.15, -0.1) is 0 Å². The summed E-state index contributed by atoms with van der Waals surface area (Å²) in [5.74, 6) is 0.700. The molecule has 0 atom stereocenters. The number of nitrogens with one attached hydrogen (secondary N) is 1. The first-order valence-electron chi connectivity index (χ1n) is 7.71. The molecule has 1 aromatic rings. The molecule has 0 spiro atoms. The lowest BCUT2D eigenvalue weighted by atomic mass is 10.2. The Labute approximate surface area is 128 Å². The van der Waals surface area contributed by atoms with Crippen molar-refractivity contribution in [2.45, 2.75) is 53.1 Å². The Hall–Kier alpha value is -1.17. The fraction of sp³-hybridized carbons (Fsp3) is 0.688. The van der Waals surface area contributed by atoms with Crippen LogP contribution in [0.1, 0.15) is 39.7 Å². The molecule has 0 aliphatic carbocycles. The van der Waals surface area contributed by atoms with E-state index in [-0.39, 0.29) is 12.4 Å². The average molecular weight is 296 g/mol. The molecular formula is C16H28N2O3. The van der Waals surface area contributed by atoms with Gasteiger partial charge in [-0.1, -0.05) is 6.07 Å². The zero-order chi connectivity index (χ0) is 15.5. The average Bonchev–Trinajstić information content (AvgIpc) is 2.45. The topological polar surface area (TPSA) is 52.6 Å². The van der Waals surface area contributed by atoms with Crippen LogP contribution < -0.4 is 10.1 Å². The van der Waals surface area contributed by atoms with E-state index in [1.165, 1.54) is 0 Å². The van der Waals surface area contributed by atoms with Crippen LogP contribution in [0.3, 0.4) is 0 Å². The van der Waals surface area contributed by atoms with Gasteiger partial charge >= 0.3 is 0 Å². The van der Waals surface area contributed by atoms with Crippen molar-refractivity contribution in [2.24, 2.45) is 0 Å². The van der Waals surface area contributed by atoms with Crippen LogP contribution in [0.4, 0.5) is 0 Å². The van der Waals surface area contributed by atoms with Crippen LogP contribution in [0.25, 0.3) is 0 Å². The molecule has 0 aliphatic rings. The number of pyridine rings is 1. The zero-order valence-electron chi connectivity index (χ0n) is 13.6. The van der Waals surface area contributed by atoms with Gasteiger partial charge in [0, 0.05) is 44.5 Å². The van der Waals surface area contributed by atoms with Crippen molar-refractivity contribution in [2.75, 3.05) is 19.8 Å². The summed E-state index contributed by atoms with van der Waals surface area (Å²) in [6.45, 7) is 10.8. The SMILES string of the molecule is CCOC(CCNCc1cccnc1OC(C)C)OCC. The van der Waals surface area contributed by atoms with E-state index in [1.807, 2.05) is 39.8 Å². The smallest absolute Gasteiger partial charge is 0.218 e. The van der Waals surface area contributed by atoms with Crippen molar-refractivity contribution in [3.63, 3.8) is 0 Å². The number of ether oxygens (including phenoxy) is 3. The van der Waals surface area contributed by atoms with Gasteiger partial charge in [0.1, 0.15) is 0 Å². The quantitative estimate of drug-likeness (QED) is 0.502. The number of hydrogen-bond donors (Lipinski definition) is 1. The third-order valence-electron chi connectivity index (χ3n) is 2.77. The first-order valence-corrected chi connectivity index (χ1v) is 7.71. The van der Waals surface area contributed by atoms with Crippen LogP contribution >= 0.6 is 0 Å². The van der Waals surface area contributed by atoms with E-state index >= 15 is 0 Å². The predicted molar refractivity (Wildman–Crippen MR) is 83.4 cm³/mol. The molecule has 0 bridgehead atoms. The fourth-order valence-corrected chi connectivity index (χ4v) is 1.92. The largest absolute Gasteiger partial charge is 0.475 e. The Morgan fingerprint density at radius 1 is 1.19 bits per heavy atom. The normalized spacial score (nSPS) is 11.3. The first kappa shape index (κ1) is 17.9. The molecule has 1 aromatic heterocycles. The fourth-order valence-electron chi connectivity index (χ4n) is 1.92. The number of aromatic nitrogens is 1. The van der Waals surface area contributed by atoms with Gasteiger partial charge in [0.15, 0.2) is 6.29 Å². The molecule has 0 radical (unpaired) electrons. The van der Waals surface area contributed by atoms with E-state index in [9.17, 15) is 0 Å². The summed E-state index contributed by atoms with van der Waals surface area (Å²) in [4.78, 5) is 4.28. The van der Waals surface area contributed by atoms with Gasteiger partial charge in [0.05, 0.1) is 6.10 Å². The summed E-state index contributed by atoms with van der Waals surface area (Å²) in [5.41, 5.74) is 1.07. The maximum Gasteiger partial charge on any atom is 0.218 e. The summed E-state index contributed by atoms with van der Waals surface area (Å²) < 4.78 is 16.7. The second-order valence-corrected chi connectivity index (χ2v) is 4.94. The number of hydrogen-bond acceptors (Lipinski definition) is 5. The lowest BCUT2D eigenvalue weighted by Gasteiger charge is -2.17. The molecule has 21 heavy (non-hydrogen) atoms. The van der Waals surface area contributed by atoms with E-state index < -0.39 is 0 Å². The molecule has 1 N–H and O–H groups in total. The van der Waals surface area contributed by atoms with Gasteiger partial charge in [0.2, 0.25) is 5.88 Å². The molecule has 0 aliphatic heterocycles. The summed E-state index contributed by atoms with van der Waals surface area (Å²) >= 11 is 0. The third-order valence-corrected chi connectivity index (χ3v) is 2.77. The van der Waals surface area contributed by atoms with Crippen molar-refractivity contribution in [3.8, 4) is 5.88 Å². The molecule has 1 heterocycles. The van der Waals surface area contributed by atoms with Crippen molar-refractivity contribution in [1.29, 1.82) is 0 Å². The van der Waals surface area contributed by atoms with E-state index in [1.54, 1.807) is 6.20 Å². The van der Waals surface area contributed by atoms with Crippen molar-refractivity contribution < 1.29 is 14.2 Å². The van der Waals surface area contributed by atoms with Crippen LogP contribution in [0.2, 0.25) is 0 Å². The molecule has 0 saturated carbocycles. The maximum atomic E-state index is 5.70. The molecule has 0 amide bonds. The highest BCUT2D eigenvalue weighted by molar-refractivity contribution is 5.25. The minimum Gasteiger partial charge on any atom is -0.475 e. The molecule has 0 fully saturated rings. The molecule has 5 nitrogen and oxygen atoms in total. The third kappa shape index (κ3) is 7.41. The standard InChI is InChI=1S/C16H28N2O3/c1-5-19-15(20-6-2)9-11-17-12-14-8-7-10-18-16(14)21-13(3)4/h7-8,10,13,15,17H,5-6,9,11-12H2,1-4H3. The lowest BCUT2D eigenvalue weighted by molar-refractivity contribution is -0.138. The Kier molecular flexibility index (Phi) is 8.98. The van der Waals surface area contributed by atoms with Crippen LogP contribution in [-0.2, 0) is 16.0 Å². The summed E-state index contributed by atoms with van der Waals surface area (Å²) in [6, 6.07) is 3.95. The second kappa shape index (κ2) is 10.5. The summed E-state index contributed by atoms with van der Waals surface area (Å²) in [7, 11) is 0. The Bertz CT molecular complexity index is 380. The molecule has 1 rings (SSSR count). The lowest BCUT2D eigenvalue weighted by Crippen LogP contribution is -2.25. The van der Waals surface area contributed by atoms with E-state index in [4.69, 9.17) is 14.2 Å². The van der Waals surface area contributed by atoms with Crippen LogP contribution in [0.15, 0.2) is 18.3 Å². The molecule has 0 saturated heterocycles. The van der Waals surface area contributed by atoms with Crippen LogP contribution in [0.5, 0.6) is 5.88 Å². The summed E-state index contributed by atoms with van der Waals surface area (Å²) in [5, 5.41) is 3.38. The van der Waals surface area contributed by atoms with Crippen molar-refractivity contribution in [1.82, 2.24) is 10.3 Å². The van der Waals surface area contributed by atoms with Crippen LogP contribution in [-0.4, -0.2) is 37.1 Å². The minimum atomic E-state index is -0.132. The van der Waals surface area contributed by atoms with Crippen molar-refractivity contribution >= 4 is 0 Å². The highest BCUT2D eigenvalue weighted by atomic mass is 16.7. The van der Waals surface area contributed by atoms with E-state index in [2.05, 4.69) is 10.3 Å². The molecule has 0 aromatic carbocycles. The Morgan fingerprint density at radius 3 is 2.52 bits per heavy atom. The van der Waals surface area contributed by atoms with Crippen molar-refractivity contribution in [3.05, 3.63) is 23.9 Å². The first-order chi connectivity index (χ1) is 10.2. The van der Waals surface area contributed by atoms with E-state index in [0.717, 1.165) is 25.1 Å². The Balaban J connectivity index is 2.38. The number of rotatable bonds is 11. The second-order valence-electron chi connectivity index (χ2n) is 4.94. The summed E-state index contributed by atoms with van der Waals surface area (Å²) in [6.07, 6.45) is 2.57. The van der Waals surface area contributed by atoms with Gasteiger partial charge in [-0.3, -0.25) is 0 Å². The molecule has 120 valence electrons. The van der Waals surface area contributed by atoms with Gasteiger partial charge < -0.3 is 19.5 Å². The van der Waals surface area contributed by atoms with Gasteiger partial charge in [-0.05, 0) is 33.8 Å². The van der Waals surface area contributed by atoms with Crippen LogP contribution in [0, 0.1) is 0 Å². The highest BCUT2D eigenvalue weighted by Gasteiger charge is 2.09. The zero-order valence-corrected chi connectivity index (χ0v) is 13.6. The van der Waals surface area contributed by atoms with Gasteiger partial charge in [0.25, 0.3) is 0 Å². The predicted octanol–water partition coefficient (Wildman–Crippen LogP) is 2.75.